The van der Waals surface area contributed by atoms with Crippen molar-refractivity contribution in [1.82, 2.24) is 0 Å². The number of ether oxygens (including phenoxy) is 1. The first kappa shape index (κ1) is 12.9. The summed E-state index contributed by atoms with van der Waals surface area (Å²) in [6.45, 7) is 1.58. The van der Waals surface area contributed by atoms with Crippen LogP contribution in [0.5, 0.6) is 0 Å². The molecule has 1 saturated heterocycles. The van der Waals surface area contributed by atoms with E-state index in [-0.39, 0.29) is 0 Å². The summed E-state index contributed by atoms with van der Waals surface area (Å²) in [5, 5.41) is 8.80. The van der Waals surface area contributed by atoms with Crippen molar-refractivity contribution in [2.45, 2.75) is 25.0 Å². The van der Waals surface area contributed by atoms with Crippen molar-refractivity contribution in [2.24, 2.45) is 5.73 Å². The molecule has 0 aliphatic carbocycles. The van der Waals surface area contributed by atoms with Crippen LogP contribution in [0.1, 0.15) is 18.4 Å². The van der Waals surface area contributed by atoms with Crippen LogP contribution in [0.15, 0.2) is 24.3 Å². The molecule has 1 heterocycles. The van der Waals surface area contributed by atoms with E-state index in [1.807, 2.05) is 24.3 Å². The lowest BCUT2D eigenvalue weighted by atomic mass is 9.98. The number of rotatable bonds is 3. The Morgan fingerprint density at radius 2 is 2.17 bits per heavy atom. The predicted octanol–water partition coefficient (Wildman–Crippen LogP) is 1.50. The molecule has 0 amide bonds. The van der Waals surface area contributed by atoms with Crippen LogP contribution < -0.4 is 10.6 Å². The van der Waals surface area contributed by atoms with E-state index in [1.165, 1.54) is 0 Å². The lowest BCUT2D eigenvalue weighted by molar-refractivity contribution is 0.0709. The first-order chi connectivity index (χ1) is 8.78. The third-order valence-corrected chi connectivity index (χ3v) is 3.60. The van der Waals surface area contributed by atoms with Gasteiger partial charge in [-0.1, -0.05) is 0 Å². The van der Waals surface area contributed by atoms with E-state index in [0.717, 1.165) is 25.1 Å². The quantitative estimate of drug-likeness (QED) is 0.876. The molecular formula is C14H19N3O. The summed E-state index contributed by atoms with van der Waals surface area (Å²) in [7, 11) is 1.76. The highest BCUT2D eigenvalue weighted by molar-refractivity contribution is 5.51. The highest BCUT2D eigenvalue weighted by Crippen LogP contribution is 2.25. The fraction of sp³-hybridized carbons (Fsp3) is 0.500. The molecule has 1 fully saturated rings. The molecule has 0 aromatic heterocycles. The highest BCUT2D eigenvalue weighted by Gasteiger charge is 2.27. The van der Waals surface area contributed by atoms with E-state index in [2.05, 4.69) is 11.0 Å². The normalized spacial score (nSPS) is 23.7. The minimum absolute atomic E-state index is 0.313. The largest absolute Gasteiger partial charge is 0.381 e. The van der Waals surface area contributed by atoms with E-state index in [4.69, 9.17) is 15.7 Å². The summed E-state index contributed by atoms with van der Waals surface area (Å²) in [5.41, 5.74) is 7.68. The number of benzene rings is 1. The van der Waals surface area contributed by atoms with E-state index >= 15 is 0 Å². The van der Waals surface area contributed by atoms with Gasteiger partial charge in [0.2, 0.25) is 0 Å². The van der Waals surface area contributed by atoms with Gasteiger partial charge in [0.25, 0.3) is 0 Å². The second kappa shape index (κ2) is 5.85. The summed E-state index contributed by atoms with van der Waals surface area (Å²) in [4.78, 5) is 2.32. The molecule has 0 saturated carbocycles. The van der Waals surface area contributed by atoms with Crippen LogP contribution in [-0.4, -0.2) is 32.3 Å². The van der Waals surface area contributed by atoms with Crippen molar-refractivity contribution < 1.29 is 4.74 Å². The Balaban J connectivity index is 2.13. The third-order valence-electron chi connectivity index (χ3n) is 3.60. The first-order valence-electron chi connectivity index (χ1n) is 6.28. The fourth-order valence-corrected chi connectivity index (χ4v) is 2.52. The van der Waals surface area contributed by atoms with Gasteiger partial charge in [-0.2, -0.15) is 5.26 Å². The van der Waals surface area contributed by atoms with E-state index in [0.29, 0.717) is 24.3 Å². The molecule has 2 atom stereocenters. The Hall–Kier alpha value is -1.57. The Bertz CT molecular complexity index is 424. The summed E-state index contributed by atoms with van der Waals surface area (Å²) in [6, 6.07) is 10.1. The van der Waals surface area contributed by atoms with Crippen LogP contribution in [0.4, 0.5) is 5.69 Å². The maximum Gasteiger partial charge on any atom is 0.0991 e. The summed E-state index contributed by atoms with van der Waals surface area (Å²) in [5.74, 6) is 0. The van der Waals surface area contributed by atoms with Gasteiger partial charge in [0.15, 0.2) is 0 Å². The molecule has 2 unspecified atom stereocenters. The Morgan fingerprint density at radius 1 is 1.44 bits per heavy atom. The Kier molecular flexibility index (Phi) is 4.19. The van der Waals surface area contributed by atoms with Crippen molar-refractivity contribution >= 4 is 5.69 Å². The minimum Gasteiger partial charge on any atom is -0.381 e. The fourth-order valence-electron chi connectivity index (χ4n) is 2.52. The minimum atomic E-state index is 0.313. The van der Waals surface area contributed by atoms with Gasteiger partial charge in [-0.05, 0) is 37.1 Å². The summed E-state index contributed by atoms with van der Waals surface area (Å²) in [6.07, 6.45) is 2.30. The first-order valence-corrected chi connectivity index (χ1v) is 6.28. The van der Waals surface area contributed by atoms with Crippen molar-refractivity contribution in [1.29, 1.82) is 5.26 Å². The zero-order valence-corrected chi connectivity index (χ0v) is 10.7. The number of anilines is 1. The van der Waals surface area contributed by atoms with Gasteiger partial charge in [0, 0.05) is 31.9 Å². The van der Waals surface area contributed by atoms with Crippen molar-refractivity contribution in [3.05, 3.63) is 29.8 Å². The number of nitrogens with two attached hydrogens (primary N) is 1. The van der Waals surface area contributed by atoms with Crippen LogP contribution >= 0.6 is 0 Å². The van der Waals surface area contributed by atoms with E-state index in [9.17, 15) is 0 Å². The van der Waals surface area contributed by atoms with Gasteiger partial charge in [0.1, 0.15) is 0 Å². The number of hydrogen-bond donors (Lipinski definition) is 1. The highest BCUT2D eigenvalue weighted by atomic mass is 16.5. The number of methoxy groups -OCH3 is 1. The van der Waals surface area contributed by atoms with Crippen LogP contribution in [0, 0.1) is 11.3 Å². The molecule has 1 aliphatic rings. The topological polar surface area (TPSA) is 62.3 Å². The maximum absolute atomic E-state index is 8.80. The van der Waals surface area contributed by atoms with Crippen molar-refractivity contribution in [3.63, 3.8) is 0 Å². The molecule has 0 radical (unpaired) electrons. The molecule has 0 bridgehead atoms. The van der Waals surface area contributed by atoms with Gasteiger partial charge >= 0.3 is 0 Å². The maximum atomic E-state index is 8.80. The number of nitrogens with zero attached hydrogens (tertiary/aromatic N) is 2. The Labute approximate surface area is 108 Å². The second-order valence-corrected chi connectivity index (χ2v) is 4.62. The third kappa shape index (κ3) is 2.63. The Morgan fingerprint density at radius 3 is 2.72 bits per heavy atom. The summed E-state index contributed by atoms with van der Waals surface area (Å²) < 4.78 is 5.42. The number of nitriles is 1. The molecule has 18 heavy (non-hydrogen) atoms. The molecule has 2 N–H and O–H groups in total. The predicted molar refractivity (Wildman–Crippen MR) is 71.4 cm³/mol. The average molecular weight is 245 g/mol. The molecule has 4 heteroatoms. The molecule has 96 valence electrons. The molecule has 2 rings (SSSR count). The lowest BCUT2D eigenvalue weighted by Gasteiger charge is -2.40. The van der Waals surface area contributed by atoms with Gasteiger partial charge < -0.3 is 15.4 Å². The van der Waals surface area contributed by atoms with Crippen LogP contribution in [0.25, 0.3) is 0 Å². The smallest absolute Gasteiger partial charge is 0.0991 e. The lowest BCUT2D eigenvalue weighted by Crippen LogP contribution is -2.48. The van der Waals surface area contributed by atoms with Gasteiger partial charge in [-0.25, -0.2) is 0 Å². The number of piperidine rings is 1. The second-order valence-electron chi connectivity index (χ2n) is 4.62. The van der Waals surface area contributed by atoms with Gasteiger partial charge in [-0.15, -0.1) is 0 Å². The van der Waals surface area contributed by atoms with Crippen molar-refractivity contribution in [2.75, 3.05) is 25.1 Å². The average Bonchev–Trinajstić information content (AvgIpc) is 2.46. The standard InChI is InChI=1S/C14H19N3O/c1-18-14-6-7-17(13(8-14)10-16)12-4-2-11(9-15)3-5-12/h2-5,13-14H,6-8,10,16H2,1H3. The van der Waals surface area contributed by atoms with Crippen LogP contribution in [0.3, 0.4) is 0 Å². The van der Waals surface area contributed by atoms with Crippen LogP contribution in [0.2, 0.25) is 0 Å². The molecule has 1 aromatic rings. The zero-order valence-electron chi connectivity index (χ0n) is 10.7. The molecule has 1 aliphatic heterocycles. The monoisotopic (exact) mass is 245 g/mol. The van der Waals surface area contributed by atoms with Crippen LogP contribution in [-0.2, 0) is 4.74 Å². The van der Waals surface area contributed by atoms with Gasteiger partial charge in [0.05, 0.1) is 17.7 Å². The van der Waals surface area contributed by atoms with E-state index < -0.39 is 0 Å². The SMILES string of the molecule is COC1CCN(c2ccc(C#N)cc2)C(CN)C1. The molecule has 0 spiro atoms. The van der Waals surface area contributed by atoms with Crippen molar-refractivity contribution in [3.8, 4) is 6.07 Å². The van der Waals surface area contributed by atoms with E-state index in [1.54, 1.807) is 7.11 Å². The molecular weight excluding hydrogens is 226 g/mol. The zero-order chi connectivity index (χ0) is 13.0. The summed E-state index contributed by atoms with van der Waals surface area (Å²) >= 11 is 0. The van der Waals surface area contributed by atoms with Gasteiger partial charge in [-0.3, -0.25) is 0 Å². The number of hydrogen-bond acceptors (Lipinski definition) is 4. The molecule has 4 nitrogen and oxygen atoms in total. The molecule has 1 aromatic carbocycles.